The van der Waals surface area contributed by atoms with Gasteiger partial charge >= 0.3 is 6.18 Å². The molecule has 0 bridgehead atoms. The lowest BCUT2D eigenvalue weighted by Gasteiger charge is -2.29. The van der Waals surface area contributed by atoms with Gasteiger partial charge in [0.05, 0.1) is 23.1 Å². The molecule has 2 heterocycles. The van der Waals surface area contributed by atoms with Gasteiger partial charge in [-0.1, -0.05) is 35.9 Å². The third-order valence-corrected chi connectivity index (χ3v) is 6.78. The van der Waals surface area contributed by atoms with Gasteiger partial charge in [-0.05, 0) is 60.4 Å². The average molecular weight is 517 g/mol. The highest BCUT2D eigenvalue weighted by Gasteiger charge is 2.30. The van der Waals surface area contributed by atoms with Crippen LogP contribution in [-0.2, 0) is 12.7 Å². The maximum Gasteiger partial charge on any atom is 0.416 e. The topological polar surface area (TPSA) is 33.1 Å². The van der Waals surface area contributed by atoms with E-state index in [4.69, 9.17) is 16.6 Å². The summed E-state index contributed by atoms with van der Waals surface area (Å²) in [5.74, 6) is 0.533. The molecule has 1 N–H and O–H groups in total. The largest absolute Gasteiger partial charge is 0.416 e. The van der Waals surface area contributed by atoms with Crippen LogP contribution in [0.3, 0.4) is 0 Å². The number of rotatable bonds is 4. The first-order valence-electron chi connectivity index (χ1n) is 11.7. The predicted molar refractivity (Wildman–Crippen MR) is 135 cm³/mol. The van der Waals surface area contributed by atoms with Crippen molar-refractivity contribution >= 4 is 28.6 Å². The van der Waals surface area contributed by atoms with Gasteiger partial charge in [0.15, 0.2) is 0 Å². The van der Waals surface area contributed by atoms with Crippen LogP contribution in [0.1, 0.15) is 22.3 Å². The molecule has 1 fully saturated rings. The summed E-state index contributed by atoms with van der Waals surface area (Å²) in [5.41, 5.74) is 4.04. The molecule has 4 nitrogen and oxygen atoms in total. The number of anilines is 1. The van der Waals surface area contributed by atoms with Crippen LogP contribution in [0, 0.1) is 19.7 Å². The molecular weight excluding hydrogens is 492 g/mol. The van der Waals surface area contributed by atoms with Gasteiger partial charge in [-0.25, -0.2) is 9.37 Å². The Hall–Kier alpha value is -3.10. The van der Waals surface area contributed by atoms with E-state index in [-0.39, 0.29) is 5.82 Å². The summed E-state index contributed by atoms with van der Waals surface area (Å²) in [7, 11) is 0. The van der Waals surface area contributed by atoms with Crippen LogP contribution >= 0.6 is 11.6 Å². The van der Waals surface area contributed by atoms with Crippen LogP contribution in [0.15, 0.2) is 48.5 Å². The third kappa shape index (κ3) is 4.67. The molecule has 4 aromatic rings. The number of hydrogen-bond acceptors (Lipinski definition) is 3. The summed E-state index contributed by atoms with van der Waals surface area (Å²) >= 11 is 6.52. The Morgan fingerprint density at radius 1 is 0.972 bits per heavy atom. The second kappa shape index (κ2) is 9.41. The van der Waals surface area contributed by atoms with Crippen molar-refractivity contribution in [3.8, 4) is 11.1 Å². The minimum atomic E-state index is -4.41. The van der Waals surface area contributed by atoms with E-state index in [1.54, 1.807) is 19.9 Å². The highest BCUT2D eigenvalue weighted by molar-refractivity contribution is 6.31. The fourth-order valence-corrected chi connectivity index (χ4v) is 5.02. The second-order valence-corrected chi connectivity index (χ2v) is 9.61. The zero-order chi connectivity index (χ0) is 25.6. The summed E-state index contributed by atoms with van der Waals surface area (Å²) in [4.78, 5) is 7.17. The standard InChI is InChI=1S/C27H25ClF4N4/c1-16-11-18(12-17(2)24(16)29)15-36-23-14-21(28)13-22(19-3-5-20(6-4-19)27(30,31)32)25(23)34-26(36)35-9-7-33-8-10-35/h3-6,11-14,33H,7-10,15H2,1-2H3. The number of aromatic nitrogens is 2. The Morgan fingerprint density at radius 2 is 1.61 bits per heavy atom. The van der Waals surface area contributed by atoms with Crippen molar-refractivity contribution in [3.63, 3.8) is 0 Å². The van der Waals surface area contributed by atoms with Gasteiger partial charge in [-0.3, -0.25) is 0 Å². The van der Waals surface area contributed by atoms with Crippen LogP contribution in [0.5, 0.6) is 0 Å². The van der Waals surface area contributed by atoms with Crippen molar-refractivity contribution in [1.29, 1.82) is 0 Å². The van der Waals surface area contributed by atoms with E-state index in [0.29, 0.717) is 39.3 Å². The van der Waals surface area contributed by atoms with Gasteiger partial charge in [0.25, 0.3) is 0 Å². The van der Waals surface area contributed by atoms with Crippen molar-refractivity contribution in [2.24, 2.45) is 0 Å². The highest BCUT2D eigenvalue weighted by Crippen LogP contribution is 2.37. The molecule has 9 heteroatoms. The minimum absolute atomic E-state index is 0.218. The lowest BCUT2D eigenvalue weighted by atomic mass is 10.0. The van der Waals surface area contributed by atoms with Crippen LogP contribution in [0.4, 0.5) is 23.5 Å². The SMILES string of the molecule is Cc1cc(Cn2c(N3CCNCC3)nc3c(-c4ccc(C(F)(F)F)cc4)cc(Cl)cc32)cc(C)c1F. The lowest BCUT2D eigenvalue weighted by Crippen LogP contribution is -2.44. The number of halogens is 5. The summed E-state index contributed by atoms with van der Waals surface area (Å²) in [5, 5.41) is 3.79. The number of nitrogens with one attached hydrogen (secondary N) is 1. The molecule has 0 amide bonds. The van der Waals surface area contributed by atoms with Gasteiger partial charge in [-0.2, -0.15) is 13.2 Å². The number of alkyl halides is 3. The van der Waals surface area contributed by atoms with E-state index in [1.807, 2.05) is 18.2 Å². The molecule has 1 aliphatic rings. The van der Waals surface area contributed by atoms with Crippen molar-refractivity contribution < 1.29 is 17.6 Å². The lowest BCUT2D eigenvalue weighted by molar-refractivity contribution is -0.137. The maximum atomic E-state index is 14.3. The Bertz CT molecular complexity index is 1400. The average Bonchev–Trinajstić information content (AvgIpc) is 3.20. The highest BCUT2D eigenvalue weighted by atomic mass is 35.5. The van der Waals surface area contributed by atoms with Gasteiger partial charge in [0.1, 0.15) is 5.82 Å². The van der Waals surface area contributed by atoms with Gasteiger partial charge < -0.3 is 14.8 Å². The molecule has 5 rings (SSSR count). The van der Waals surface area contributed by atoms with Crippen LogP contribution in [0.25, 0.3) is 22.2 Å². The predicted octanol–water partition coefficient (Wildman–Crippen LogP) is 6.59. The molecule has 0 saturated carbocycles. The maximum absolute atomic E-state index is 14.3. The molecule has 36 heavy (non-hydrogen) atoms. The van der Waals surface area contributed by atoms with Gasteiger partial charge in [0.2, 0.25) is 5.95 Å². The molecule has 1 aromatic heterocycles. The van der Waals surface area contributed by atoms with Crippen molar-refractivity contribution in [1.82, 2.24) is 14.9 Å². The Morgan fingerprint density at radius 3 is 2.22 bits per heavy atom. The molecule has 188 valence electrons. The number of fused-ring (bicyclic) bond motifs is 1. The fraction of sp³-hybridized carbons (Fsp3) is 0.296. The number of benzene rings is 3. The summed E-state index contributed by atoms with van der Waals surface area (Å²) in [6.45, 7) is 7.07. The zero-order valence-electron chi connectivity index (χ0n) is 19.9. The van der Waals surface area contributed by atoms with E-state index < -0.39 is 11.7 Å². The van der Waals surface area contributed by atoms with E-state index in [1.165, 1.54) is 12.1 Å². The molecule has 1 aliphatic heterocycles. The molecular formula is C27H25ClF4N4. The summed E-state index contributed by atoms with van der Waals surface area (Å²) in [6.07, 6.45) is -4.41. The molecule has 0 spiro atoms. The Balaban J connectivity index is 1.68. The molecule has 0 unspecified atom stereocenters. The van der Waals surface area contributed by atoms with E-state index in [2.05, 4.69) is 14.8 Å². The monoisotopic (exact) mass is 516 g/mol. The first kappa shape index (κ1) is 24.6. The summed E-state index contributed by atoms with van der Waals surface area (Å²) < 4.78 is 55.7. The number of nitrogens with zero attached hydrogens (tertiary/aromatic N) is 3. The molecule has 3 aromatic carbocycles. The fourth-order valence-electron chi connectivity index (χ4n) is 4.81. The van der Waals surface area contributed by atoms with Crippen LogP contribution in [-0.4, -0.2) is 35.7 Å². The Kier molecular flexibility index (Phi) is 6.43. The quantitative estimate of drug-likeness (QED) is 0.311. The molecule has 0 radical (unpaired) electrons. The minimum Gasteiger partial charge on any atom is -0.340 e. The normalized spacial score (nSPS) is 14.6. The molecule has 1 saturated heterocycles. The number of aryl methyl sites for hydroxylation is 2. The van der Waals surface area contributed by atoms with Gasteiger partial charge in [-0.15, -0.1) is 0 Å². The van der Waals surface area contributed by atoms with Crippen LogP contribution in [0.2, 0.25) is 5.02 Å². The third-order valence-electron chi connectivity index (χ3n) is 6.56. The number of hydrogen-bond donors (Lipinski definition) is 1. The van der Waals surface area contributed by atoms with Crippen molar-refractivity contribution in [2.45, 2.75) is 26.6 Å². The molecule has 0 aliphatic carbocycles. The smallest absolute Gasteiger partial charge is 0.340 e. The van der Waals surface area contributed by atoms with Crippen molar-refractivity contribution in [2.75, 3.05) is 31.1 Å². The number of piperazine rings is 1. The van der Waals surface area contributed by atoms with Crippen molar-refractivity contribution in [3.05, 3.63) is 81.6 Å². The Labute approximate surface area is 211 Å². The first-order valence-corrected chi connectivity index (χ1v) is 12.1. The second-order valence-electron chi connectivity index (χ2n) is 9.17. The van der Waals surface area contributed by atoms with E-state index in [0.717, 1.165) is 55.3 Å². The molecule has 0 atom stereocenters. The van der Waals surface area contributed by atoms with Gasteiger partial charge in [0, 0.05) is 36.8 Å². The summed E-state index contributed by atoms with van der Waals surface area (Å²) in [6, 6.07) is 12.3. The number of imidazole rings is 1. The first-order chi connectivity index (χ1) is 17.1. The van der Waals surface area contributed by atoms with Crippen LogP contribution < -0.4 is 10.2 Å². The van der Waals surface area contributed by atoms with E-state index in [9.17, 15) is 17.6 Å². The zero-order valence-corrected chi connectivity index (χ0v) is 20.6. The van der Waals surface area contributed by atoms with E-state index >= 15 is 0 Å².